The van der Waals surface area contributed by atoms with Gasteiger partial charge in [-0.15, -0.1) is 0 Å². The minimum atomic E-state index is -0.439. The second kappa shape index (κ2) is 10.0. The van der Waals surface area contributed by atoms with Crippen molar-refractivity contribution in [1.29, 1.82) is 0 Å². The van der Waals surface area contributed by atoms with E-state index in [9.17, 15) is 14.9 Å². The zero-order valence-electron chi connectivity index (χ0n) is 17.0. The van der Waals surface area contributed by atoms with Gasteiger partial charge in [0.1, 0.15) is 15.8 Å². The molecule has 0 N–H and O–H groups in total. The number of hydrogen-bond donors (Lipinski definition) is 0. The molecule has 30 heavy (non-hydrogen) atoms. The first kappa shape index (κ1) is 22.2. The number of carbonyl (C=O) groups excluding carboxylic acids is 1. The van der Waals surface area contributed by atoms with Crippen molar-refractivity contribution in [3.63, 3.8) is 0 Å². The van der Waals surface area contributed by atoms with E-state index in [4.69, 9.17) is 16.6 Å². The molecule has 1 amide bonds. The maximum Gasteiger partial charge on any atom is 0.280 e. The topological polar surface area (TPSA) is 76.6 Å². The molecule has 1 aliphatic heterocycles. The van der Waals surface area contributed by atoms with Crippen LogP contribution in [-0.4, -0.2) is 26.6 Å². The summed E-state index contributed by atoms with van der Waals surface area (Å²) in [5.41, 5.74) is 0.374. The normalized spacial score (nSPS) is 16.5. The van der Waals surface area contributed by atoms with E-state index in [1.165, 1.54) is 17.8 Å². The monoisotopic (exact) mass is 444 g/mol. The van der Waals surface area contributed by atoms with E-state index in [0.717, 1.165) is 25.7 Å². The molecule has 0 bridgehead atoms. The lowest BCUT2D eigenvalue weighted by Crippen LogP contribution is -2.33. The Morgan fingerprint density at radius 2 is 2.03 bits per heavy atom. The largest absolute Gasteiger partial charge is 0.456 e. The van der Waals surface area contributed by atoms with Gasteiger partial charge >= 0.3 is 0 Å². The van der Waals surface area contributed by atoms with Gasteiger partial charge in [-0.1, -0.05) is 69.2 Å². The van der Waals surface area contributed by atoms with E-state index >= 15 is 0 Å². The van der Waals surface area contributed by atoms with E-state index < -0.39 is 4.92 Å². The Balaban J connectivity index is 1.78. The van der Waals surface area contributed by atoms with Crippen molar-refractivity contribution in [3.05, 3.63) is 57.2 Å². The third kappa shape index (κ3) is 4.99. The molecule has 0 aliphatic carbocycles. The Morgan fingerprint density at radius 1 is 1.27 bits per heavy atom. The first-order valence-electron chi connectivity index (χ1n) is 10.0. The van der Waals surface area contributed by atoms with Crippen molar-refractivity contribution in [3.8, 4) is 11.3 Å². The van der Waals surface area contributed by atoms with Crippen molar-refractivity contribution >= 4 is 46.0 Å². The highest BCUT2D eigenvalue weighted by Crippen LogP contribution is 2.36. The lowest BCUT2D eigenvalue weighted by molar-refractivity contribution is -0.384. The van der Waals surface area contributed by atoms with Crippen molar-refractivity contribution in [2.45, 2.75) is 39.5 Å². The highest BCUT2D eigenvalue weighted by Gasteiger charge is 2.33. The molecule has 8 heteroatoms. The molecule has 1 aromatic carbocycles. The number of nitro groups is 1. The summed E-state index contributed by atoms with van der Waals surface area (Å²) in [5.74, 6) is 1.17. The van der Waals surface area contributed by atoms with Gasteiger partial charge in [-0.2, -0.15) is 0 Å². The van der Waals surface area contributed by atoms with Crippen LogP contribution in [0.15, 0.2) is 45.7 Å². The van der Waals surface area contributed by atoms with Gasteiger partial charge in [0.25, 0.3) is 11.6 Å². The Hall–Kier alpha value is -2.45. The molecule has 1 aromatic heterocycles. The minimum absolute atomic E-state index is 0.0255. The molecule has 0 radical (unpaired) electrons. The van der Waals surface area contributed by atoms with Crippen LogP contribution in [0.25, 0.3) is 17.4 Å². The summed E-state index contributed by atoms with van der Waals surface area (Å²) in [6.07, 6.45) is 6.03. The van der Waals surface area contributed by atoms with Gasteiger partial charge in [0.05, 0.1) is 15.4 Å². The molecular weight excluding hydrogens is 420 g/mol. The molecule has 0 spiro atoms. The third-order valence-electron chi connectivity index (χ3n) is 5.12. The Morgan fingerprint density at radius 3 is 2.73 bits per heavy atom. The maximum absolute atomic E-state index is 12.9. The van der Waals surface area contributed by atoms with Gasteiger partial charge in [0.15, 0.2) is 0 Å². The first-order chi connectivity index (χ1) is 14.4. The summed E-state index contributed by atoms with van der Waals surface area (Å²) in [4.78, 5) is 25.9. The zero-order valence-corrected chi connectivity index (χ0v) is 18.6. The number of nitro benzene ring substituents is 1. The van der Waals surface area contributed by atoms with Crippen molar-refractivity contribution in [2.75, 3.05) is 6.54 Å². The summed E-state index contributed by atoms with van der Waals surface area (Å²) in [6.45, 7) is 4.94. The zero-order chi connectivity index (χ0) is 21.7. The number of benzene rings is 1. The van der Waals surface area contributed by atoms with Crippen LogP contribution >= 0.6 is 24.0 Å². The second-order valence-corrected chi connectivity index (χ2v) is 8.86. The van der Waals surface area contributed by atoms with Gasteiger partial charge in [-0.25, -0.2) is 0 Å². The van der Waals surface area contributed by atoms with Gasteiger partial charge in [0, 0.05) is 18.7 Å². The molecule has 158 valence electrons. The maximum atomic E-state index is 12.9. The van der Waals surface area contributed by atoms with Crippen LogP contribution in [-0.2, 0) is 4.79 Å². The number of unbranched alkanes of at least 4 members (excludes halogenated alkanes) is 1. The number of rotatable bonds is 9. The SMILES string of the molecule is CCCCC(CC)CN1C(=O)/C(=C/c2ccc(-c3ccccc3[N+](=O)[O-])o2)SC1=S. The van der Waals surface area contributed by atoms with Crippen LogP contribution < -0.4 is 0 Å². The number of para-hydroxylation sites is 1. The summed E-state index contributed by atoms with van der Waals surface area (Å²) < 4.78 is 6.35. The van der Waals surface area contributed by atoms with Crippen molar-refractivity contribution < 1.29 is 14.1 Å². The summed E-state index contributed by atoms with van der Waals surface area (Å²) in [5, 5.41) is 11.3. The first-order valence-corrected chi connectivity index (χ1v) is 11.3. The van der Waals surface area contributed by atoms with Crippen LogP contribution in [0.5, 0.6) is 0 Å². The number of thioether (sulfide) groups is 1. The number of thiocarbonyl (C=S) groups is 1. The lowest BCUT2D eigenvalue weighted by Gasteiger charge is -2.21. The Kier molecular flexibility index (Phi) is 7.44. The summed E-state index contributed by atoms with van der Waals surface area (Å²) in [6, 6.07) is 9.79. The number of furan rings is 1. The molecule has 3 rings (SSSR count). The fraction of sp³-hybridized carbons (Fsp3) is 0.364. The summed E-state index contributed by atoms with van der Waals surface area (Å²) in [7, 11) is 0. The number of carbonyl (C=O) groups is 1. The molecule has 1 aliphatic rings. The van der Waals surface area contributed by atoms with Crippen LogP contribution in [0.4, 0.5) is 5.69 Å². The standard InChI is InChI=1S/C22H24N2O4S2/c1-3-5-8-15(4-2)14-23-21(25)20(30-22(23)29)13-16-11-12-19(28-16)17-9-6-7-10-18(17)24(26)27/h6-7,9-13,15H,3-5,8,14H2,1-2H3/b20-13-. The number of hydrogen-bond acceptors (Lipinski definition) is 6. The molecule has 2 aromatic rings. The predicted molar refractivity (Wildman–Crippen MR) is 124 cm³/mol. The highest BCUT2D eigenvalue weighted by molar-refractivity contribution is 8.26. The molecule has 1 atom stereocenters. The highest BCUT2D eigenvalue weighted by atomic mass is 32.2. The summed E-state index contributed by atoms with van der Waals surface area (Å²) >= 11 is 6.71. The fourth-order valence-electron chi connectivity index (χ4n) is 3.38. The quantitative estimate of drug-likeness (QED) is 0.196. The average molecular weight is 445 g/mol. The van der Waals surface area contributed by atoms with E-state index in [0.29, 0.717) is 38.8 Å². The molecule has 6 nitrogen and oxygen atoms in total. The van der Waals surface area contributed by atoms with Crippen molar-refractivity contribution in [2.24, 2.45) is 5.92 Å². The lowest BCUT2D eigenvalue weighted by atomic mass is 9.99. The molecule has 0 saturated carbocycles. The molecule has 2 heterocycles. The van der Waals surface area contributed by atoms with Crippen LogP contribution in [0, 0.1) is 16.0 Å². The van der Waals surface area contributed by atoms with Gasteiger partial charge in [-0.05, 0) is 30.5 Å². The van der Waals surface area contributed by atoms with E-state index in [1.807, 2.05) is 0 Å². The smallest absolute Gasteiger partial charge is 0.280 e. The van der Waals surface area contributed by atoms with E-state index in [1.54, 1.807) is 41.3 Å². The van der Waals surface area contributed by atoms with Crippen LogP contribution in [0.2, 0.25) is 0 Å². The van der Waals surface area contributed by atoms with E-state index in [2.05, 4.69) is 13.8 Å². The van der Waals surface area contributed by atoms with Gasteiger partial charge in [-0.3, -0.25) is 19.8 Å². The number of nitrogens with zero attached hydrogens (tertiary/aromatic N) is 2. The predicted octanol–water partition coefficient (Wildman–Crippen LogP) is 6.27. The van der Waals surface area contributed by atoms with E-state index in [-0.39, 0.29) is 11.6 Å². The molecule has 1 fully saturated rings. The average Bonchev–Trinajstić information content (AvgIpc) is 3.30. The molecular formula is C22H24N2O4S2. The Bertz CT molecular complexity index is 983. The second-order valence-electron chi connectivity index (χ2n) is 7.19. The molecule has 1 saturated heterocycles. The van der Waals surface area contributed by atoms with Crippen molar-refractivity contribution in [1.82, 2.24) is 4.90 Å². The van der Waals surface area contributed by atoms with Gasteiger partial charge in [0.2, 0.25) is 0 Å². The third-order valence-corrected chi connectivity index (χ3v) is 6.50. The minimum Gasteiger partial charge on any atom is -0.456 e. The van der Waals surface area contributed by atoms with Gasteiger partial charge < -0.3 is 4.42 Å². The Labute approximate surface area is 185 Å². The number of amides is 1. The van der Waals surface area contributed by atoms with Crippen LogP contribution in [0.1, 0.15) is 45.3 Å². The van der Waals surface area contributed by atoms with Crippen LogP contribution in [0.3, 0.4) is 0 Å². The molecule has 1 unspecified atom stereocenters. The fourth-order valence-corrected chi connectivity index (χ4v) is 4.63.